The fourth-order valence-electron chi connectivity index (χ4n) is 4.54. The van der Waals surface area contributed by atoms with Gasteiger partial charge in [0.05, 0.1) is 11.4 Å². The van der Waals surface area contributed by atoms with Crippen molar-refractivity contribution in [3.8, 4) is 0 Å². The van der Waals surface area contributed by atoms with E-state index >= 15 is 0 Å². The summed E-state index contributed by atoms with van der Waals surface area (Å²) in [7, 11) is 1.81. The second kappa shape index (κ2) is 9.17. The number of nitrogens with zero attached hydrogens (tertiary/aromatic N) is 5. The molecule has 1 atom stereocenters. The summed E-state index contributed by atoms with van der Waals surface area (Å²) in [5.74, 6) is 0.592. The second-order valence-electron chi connectivity index (χ2n) is 8.81. The van der Waals surface area contributed by atoms with Gasteiger partial charge in [0.15, 0.2) is 5.84 Å². The van der Waals surface area contributed by atoms with E-state index in [1.54, 1.807) is 11.9 Å². The van der Waals surface area contributed by atoms with Crippen LogP contribution in [0, 0.1) is 12.8 Å². The van der Waals surface area contributed by atoms with Crippen LogP contribution in [0.4, 0.5) is 4.39 Å². The molecule has 2 heterocycles. The van der Waals surface area contributed by atoms with Crippen LogP contribution in [0.1, 0.15) is 36.9 Å². The van der Waals surface area contributed by atoms with Gasteiger partial charge < -0.3 is 15.5 Å². The molecule has 1 saturated carbocycles. The summed E-state index contributed by atoms with van der Waals surface area (Å²) >= 11 is 0. The second-order valence-corrected chi connectivity index (χ2v) is 8.81. The summed E-state index contributed by atoms with van der Waals surface area (Å²) in [5, 5.41) is 7.42. The number of halogens is 1. The maximum Gasteiger partial charge on any atom is 0.163 e. The molecular weight excluding hydrogens is 415 g/mol. The van der Waals surface area contributed by atoms with Gasteiger partial charge in [0.25, 0.3) is 0 Å². The highest BCUT2D eigenvalue weighted by molar-refractivity contribution is 6.11. The van der Waals surface area contributed by atoms with Gasteiger partial charge in [-0.3, -0.25) is 4.99 Å². The number of aliphatic imine (C=N–C) groups is 1. The Hall–Kier alpha value is -3.48. The summed E-state index contributed by atoms with van der Waals surface area (Å²) in [5.41, 5.74) is 14.4. The highest BCUT2D eigenvalue weighted by atomic mass is 19.1. The largest absolute Gasteiger partial charge is 0.401 e. The Labute approximate surface area is 195 Å². The summed E-state index contributed by atoms with van der Waals surface area (Å²) in [4.78, 5) is 8.63. The zero-order valence-electron chi connectivity index (χ0n) is 19.6. The Bertz CT molecular complexity index is 1120. The molecule has 0 bridgehead atoms. The lowest BCUT2D eigenvalue weighted by Gasteiger charge is -2.33. The Morgan fingerprint density at radius 3 is 2.48 bits per heavy atom. The topological polar surface area (TPSA) is 69.6 Å². The fraction of sp³-hybridized carbons (Fsp3) is 0.346. The molecular formula is C26H31FN6. The van der Waals surface area contributed by atoms with Crippen molar-refractivity contribution >= 4 is 18.3 Å². The minimum Gasteiger partial charge on any atom is -0.401 e. The van der Waals surface area contributed by atoms with Crippen LogP contribution in [0.25, 0.3) is 0 Å². The molecule has 7 heteroatoms. The first kappa shape index (κ1) is 22.7. The van der Waals surface area contributed by atoms with Crippen molar-refractivity contribution in [2.75, 3.05) is 20.3 Å². The SMILES string of the molecule is C=N/N=C(/CF)N1C=C(N2C(=C)C(=C(N)C3CC3)C(=NC)C2c2ccc(C)cc2)C=C(C)C1. The highest BCUT2D eigenvalue weighted by Crippen LogP contribution is 2.47. The summed E-state index contributed by atoms with van der Waals surface area (Å²) in [6, 6.07) is 8.25. The molecule has 1 aromatic rings. The van der Waals surface area contributed by atoms with Crippen molar-refractivity contribution in [1.82, 2.24) is 9.80 Å². The minimum absolute atomic E-state index is 0.186. The summed E-state index contributed by atoms with van der Waals surface area (Å²) in [6.45, 7) is 11.7. The van der Waals surface area contributed by atoms with Crippen LogP contribution < -0.4 is 5.73 Å². The lowest BCUT2D eigenvalue weighted by Crippen LogP contribution is -2.34. The number of rotatable bonds is 5. The Balaban J connectivity index is 1.88. The number of hydrogen-bond acceptors (Lipinski definition) is 5. The van der Waals surface area contributed by atoms with Gasteiger partial charge in [-0.25, -0.2) is 4.39 Å². The highest BCUT2D eigenvalue weighted by Gasteiger charge is 2.43. The summed E-state index contributed by atoms with van der Waals surface area (Å²) < 4.78 is 13.7. The molecule has 0 aromatic heterocycles. The van der Waals surface area contributed by atoms with Gasteiger partial charge in [0.1, 0.15) is 12.7 Å². The molecule has 0 spiro atoms. The number of allylic oxidation sites excluding steroid dienone is 3. The smallest absolute Gasteiger partial charge is 0.163 e. The van der Waals surface area contributed by atoms with Crippen LogP contribution in [0.3, 0.4) is 0 Å². The van der Waals surface area contributed by atoms with E-state index in [4.69, 9.17) is 10.7 Å². The third-order valence-electron chi connectivity index (χ3n) is 6.31. The lowest BCUT2D eigenvalue weighted by atomic mass is 9.97. The monoisotopic (exact) mass is 446 g/mol. The number of likely N-dealkylation sites (tertiary alicyclic amines) is 1. The van der Waals surface area contributed by atoms with Gasteiger partial charge >= 0.3 is 0 Å². The normalized spacial score (nSPS) is 24.2. The molecule has 172 valence electrons. The van der Waals surface area contributed by atoms with Crippen molar-refractivity contribution in [2.24, 2.45) is 26.8 Å². The first-order valence-corrected chi connectivity index (χ1v) is 11.2. The van der Waals surface area contributed by atoms with E-state index in [1.807, 2.05) is 13.1 Å². The Morgan fingerprint density at radius 2 is 1.91 bits per heavy atom. The zero-order valence-corrected chi connectivity index (χ0v) is 19.6. The maximum absolute atomic E-state index is 13.7. The van der Waals surface area contributed by atoms with E-state index in [9.17, 15) is 4.39 Å². The van der Waals surface area contributed by atoms with Gasteiger partial charge in [0, 0.05) is 43.5 Å². The molecule has 1 unspecified atom stereocenters. The van der Waals surface area contributed by atoms with Gasteiger partial charge in [-0.1, -0.05) is 42.0 Å². The predicted octanol–water partition coefficient (Wildman–Crippen LogP) is 4.65. The van der Waals surface area contributed by atoms with Crippen molar-refractivity contribution in [2.45, 2.75) is 32.7 Å². The van der Waals surface area contributed by atoms with Crippen molar-refractivity contribution in [3.63, 3.8) is 0 Å². The van der Waals surface area contributed by atoms with Crippen molar-refractivity contribution in [3.05, 3.63) is 82.5 Å². The van der Waals surface area contributed by atoms with Crippen molar-refractivity contribution in [1.29, 1.82) is 0 Å². The molecule has 1 aromatic carbocycles. The van der Waals surface area contributed by atoms with Crippen LogP contribution in [-0.4, -0.2) is 48.3 Å². The van der Waals surface area contributed by atoms with Crippen LogP contribution in [0.2, 0.25) is 0 Å². The van der Waals surface area contributed by atoms with Crippen LogP contribution >= 0.6 is 0 Å². The molecule has 2 N–H and O–H groups in total. The summed E-state index contributed by atoms with van der Waals surface area (Å²) in [6.07, 6.45) is 6.18. The molecule has 1 aliphatic carbocycles. The average molecular weight is 447 g/mol. The molecule has 6 nitrogen and oxygen atoms in total. The quantitative estimate of drug-likeness (QED) is 0.407. The van der Waals surface area contributed by atoms with Crippen molar-refractivity contribution < 1.29 is 4.39 Å². The molecule has 2 fully saturated rings. The third kappa shape index (κ3) is 4.27. The van der Waals surface area contributed by atoms with E-state index in [0.717, 1.165) is 52.4 Å². The van der Waals surface area contributed by atoms with Gasteiger partial charge in [-0.2, -0.15) is 5.10 Å². The van der Waals surface area contributed by atoms with Gasteiger partial charge in [0.2, 0.25) is 0 Å². The Kier molecular flexibility index (Phi) is 6.31. The fourth-order valence-corrected chi connectivity index (χ4v) is 4.54. The molecule has 1 saturated heterocycles. The standard InChI is InChI=1S/C26H31FN6/c1-16-6-8-20(9-7-16)26-25(29-4)23(24(28)19-10-11-19)18(3)33(26)21-12-17(2)14-32(15-21)22(13-27)31-30-5/h6-9,12,15,19,26H,3,5,10-11,13-14,28H2,1-2,4H3/b24-23?,29-25?,31-22-. The lowest BCUT2D eigenvalue weighted by molar-refractivity contribution is 0.410. The van der Waals surface area contributed by atoms with E-state index in [1.165, 1.54) is 5.56 Å². The minimum atomic E-state index is -0.736. The molecule has 2 aliphatic heterocycles. The molecule has 3 aliphatic rings. The number of amidine groups is 1. The first-order chi connectivity index (χ1) is 15.9. The van der Waals surface area contributed by atoms with Crippen LogP contribution in [0.5, 0.6) is 0 Å². The van der Waals surface area contributed by atoms with Gasteiger partial charge in [-0.15, -0.1) is 5.10 Å². The molecule has 33 heavy (non-hydrogen) atoms. The molecule has 4 rings (SSSR count). The maximum atomic E-state index is 13.7. The first-order valence-electron chi connectivity index (χ1n) is 11.2. The molecule has 0 amide bonds. The van der Waals surface area contributed by atoms with E-state index < -0.39 is 6.67 Å². The van der Waals surface area contributed by atoms with Crippen LogP contribution in [-0.2, 0) is 0 Å². The molecule has 0 radical (unpaired) electrons. The average Bonchev–Trinajstić information content (AvgIpc) is 3.60. The number of hydrogen-bond donors (Lipinski definition) is 1. The van der Waals surface area contributed by atoms with E-state index in [0.29, 0.717) is 12.5 Å². The van der Waals surface area contributed by atoms with Gasteiger partial charge in [-0.05, 0) is 44.2 Å². The van der Waals surface area contributed by atoms with Crippen LogP contribution in [0.15, 0.2) is 86.6 Å². The number of nitrogens with two attached hydrogens (primary N) is 1. The van der Waals surface area contributed by atoms with E-state index in [2.05, 4.69) is 65.7 Å². The predicted molar refractivity (Wildman–Crippen MR) is 134 cm³/mol. The number of benzene rings is 1. The number of aryl methyl sites for hydroxylation is 1. The third-order valence-corrected chi connectivity index (χ3v) is 6.31. The van der Waals surface area contributed by atoms with E-state index in [-0.39, 0.29) is 11.9 Å². The zero-order chi connectivity index (χ0) is 23.7. The number of alkyl halides is 1. The Morgan fingerprint density at radius 1 is 1.21 bits per heavy atom.